The number of pyridine rings is 1. The number of rotatable bonds is 4. The Hall–Kier alpha value is -3.66. The van der Waals surface area contributed by atoms with Crippen LogP contribution >= 0.6 is 12.2 Å². The molecule has 2 N–H and O–H groups in total. The number of nitrogens with two attached hydrogens (primary N) is 1. The summed E-state index contributed by atoms with van der Waals surface area (Å²) in [5.41, 5.74) is 7.63. The van der Waals surface area contributed by atoms with Gasteiger partial charge in [0.1, 0.15) is 11.5 Å². The van der Waals surface area contributed by atoms with Crippen molar-refractivity contribution < 1.29 is 9.13 Å². The van der Waals surface area contributed by atoms with E-state index < -0.39 is 0 Å². The summed E-state index contributed by atoms with van der Waals surface area (Å²) in [5, 5.41) is 5.55. The number of halogens is 1. The van der Waals surface area contributed by atoms with Crippen molar-refractivity contribution in [3.8, 4) is 17.3 Å². The van der Waals surface area contributed by atoms with Gasteiger partial charge in [-0.2, -0.15) is 5.10 Å². The highest BCUT2D eigenvalue weighted by Gasteiger charge is 2.18. The highest BCUT2D eigenvalue weighted by atomic mass is 32.1. The van der Waals surface area contributed by atoms with Crippen molar-refractivity contribution in [3.63, 3.8) is 0 Å². The van der Waals surface area contributed by atoms with E-state index in [4.69, 9.17) is 22.7 Å². The van der Waals surface area contributed by atoms with Gasteiger partial charge in [0.25, 0.3) is 5.17 Å². The van der Waals surface area contributed by atoms with Crippen molar-refractivity contribution in [3.05, 3.63) is 60.2 Å². The number of benzene rings is 1. The molecule has 30 heavy (non-hydrogen) atoms. The van der Waals surface area contributed by atoms with E-state index in [2.05, 4.69) is 20.1 Å². The third-order valence-electron chi connectivity index (χ3n) is 4.34. The predicted molar refractivity (Wildman–Crippen MR) is 115 cm³/mol. The van der Waals surface area contributed by atoms with Crippen LogP contribution in [-0.2, 0) is 6.54 Å². The van der Waals surface area contributed by atoms with Crippen molar-refractivity contribution in [1.82, 2.24) is 29.6 Å². The summed E-state index contributed by atoms with van der Waals surface area (Å²) in [6.45, 7) is 0.216. The SMILES string of the molecule is CN(C)C(=S)Oc1cnc(-c2nn(Cc3ccccc3F)c3ncccc23)nc1N. The first-order valence-corrected chi connectivity index (χ1v) is 9.42. The smallest absolute Gasteiger partial charge is 0.264 e. The summed E-state index contributed by atoms with van der Waals surface area (Å²) < 4.78 is 21.3. The molecule has 0 unspecified atom stereocenters. The monoisotopic (exact) mass is 423 g/mol. The molecule has 3 heterocycles. The molecule has 1 aromatic carbocycles. The van der Waals surface area contributed by atoms with E-state index in [1.807, 2.05) is 6.07 Å². The first kappa shape index (κ1) is 19.6. The average molecular weight is 423 g/mol. The van der Waals surface area contributed by atoms with Crippen molar-refractivity contribution >= 4 is 34.2 Å². The first-order chi connectivity index (χ1) is 14.4. The zero-order valence-electron chi connectivity index (χ0n) is 16.3. The first-order valence-electron chi connectivity index (χ1n) is 9.01. The van der Waals surface area contributed by atoms with E-state index in [0.29, 0.717) is 22.7 Å². The maximum absolute atomic E-state index is 14.1. The Labute approximate surface area is 177 Å². The molecule has 0 aliphatic rings. The van der Waals surface area contributed by atoms with Gasteiger partial charge in [-0.3, -0.25) is 0 Å². The number of nitrogens with zero attached hydrogens (tertiary/aromatic N) is 6. The van der Waals surface area contributed by atoms with Crippen LogP contribution in [0, 0.1) is 5.82 Å². The van der Waals surface area contributed by atoms with E-state index in [-0.39, 0.29) is 29.1 Å². The quantitative estimate of drug-likeness (QED) is 0.501. The van der Waals surface area contributed by atoms with Crippen LogP contribution in [-0.4, -0.2) is 48.9 Å². The molecule has 0 bridgehead atoms. The second kappa shape index (κ2) is 7.99. The topological polar surface area (TPSA) is 95.0 Å². The number of thiocarbonyl (C=S) groups is 1. The molecule has 0 radical (unpaired) electrons. The van der Waals surface area contributed by atoms with Crippen molar-refractivity contribution in [1.29, 1.82) is 0 Å². The number of anilines is 1. The summed E-state index contributed by atoms with van der Waals surface area (Å²) in [5.74, 6) is 0.383. The molecule has 0 aliphatic carbocycles. The van der Waals surface area contributed by atoms with Crippen LogP contribution in [0.4, 0.5) is 10.2 Å². The molecule has 10 heteroatoms. The Morgan fingerprint density at radius 3 is 2.73 bits per heavy atom. The molecule has 0 amide bonds. The number of fused-ring (bicyclic) bond motifs is 1. The summed E-state index contributed by atoms with van der Waals surface area (Å²) in [4.78, 5) is 14.7. The molecular formula is C20H18FN7OS. The minimum absolute atomic E-state index is 0.130. The van der Waals surface area contributed by atoms with Gasteiger partial charge in [0.05, 0.1) is 18.1 Å². The highest BCUT2D eigenvalue weighted by molar-refractivity contribution is 7.80. The van der Waals surface area contributed by atoms with Gasteiger partial charge in [0.2, 0.25) is 0 Å². The summed E-state index contributed by atoms with van der Waals surface area (Å²) >= 11 is 5.12. The van der Waals surface area contributed by atoms with Gasteiger partial charge in [0, 0.05) is 25.9 Å². The molecule has 0 fully saturated rings. The molecule has 8 nitrogen and oxygen atoms in total. The lowest BCUT2D eigenvalue weighted by Crippen LogP contribution is -2.25. The molecule has 4 rings (SSSR count). The number of aromatic nitrogens is 5. The maximum atomic E-state index is 14.1. The van der Waals surface area contributed by atoms with Gasteiger partial charge < -0.3 is 15.4 Å². The molecule has 0 spiro atoms. The number of hydrogen-bond donors (Lipinski definition) is 1. The lowest BCUT2D eigenvalue weighted by Gasteiger charge is -2.14. The zero-order chi connectivity index (χ0) is 21.3. The van der Waals surface area contributed by atoms with Crippen LogP contribution in [0.15, 0.2) is 48.8 Å². The zero-order valence-corrected chi connectivity index (χ0v) is 17.1. The Kier molecular flexibility index (Phi) is 5.23. The predicted octanol–water partition coefficient (Wildman–Crippen LogP) is 2.88. The third-order valence-corrected chi connectivity index (χ3v) is 4.79. The molecule has 4 aromatic rings. The lowest BCUT2D eigenvalue weighted by molar-refractivity contribution is 0.448. The van der Waals surface area contributed by atoms with Crippen molar-refractivity contribution in [2.45, 2.75) is 6.54 Å². The Morgan fingerprint density at radius 1 is 1.20 bits per heavy atom. The standard InChI is InChI=1S/C20H18FN7OS/c1-27(2)20(30)29-15-10-24-18(25-17(15)22)16-13-7-5-9-23-19(13)28(26-16)11-12-6-3-4-8-14(12)21/h3-10H,11H2,1-2H3,(H2,22,24,25). The van der Waals surface area contributed by atoms with Crippen LogP contribution in [0.1, 0.15) is 5.56 Å². The maximum Gasteiger partial charge on any atom is 0.264 e. The fourth-order valence-electron chi connectivity index (χ4n) is 2.83. The Morgan fingerprint density at radius 2 is 2.00 bits per heavy atom. The molecule has 0 saturated carbocycles. The van der Waals surface area contributed by atoms with Crippen LogP contribution in [0.5, 0.6) is 5.75 Å². The Bertz CT molecular complexity index is 1240. The minimum atomic E-state index is -0.308. The van der Waals surface area contributed by atoms with Crippen LogP contribution < -0.4 is 10.5 Å². The summed E-state index contributed by atoms with van der Waals surface area (Å²) in [6, 6.07) is 10.2. The third kappa shape index (κ3) is 3.77. The van der Waals surface area contributed by atoms with E-state index in [1.54, 1.807) is 54.1 Å². The molecule has 0 saturated heterocycles. The van der Waals surface area contributed by atoms with Crippen LogP contribution in [0.2, 0.25) is 0 Å². The van der Waals surface area contributed by atoms with E-state index in [9.17, 15) is 4.39 Å². The number of nitrogen functional groups attached to an aromatic ring is 1. The van der Waals surface area contributed by atoms with E-state index in [1.165, 1.54) is 12.3 Å². The Balaban J connectivity index is 1.74. The number of ether oxygens (including phenoxy) is 1. The lowest BCUT2D eigenvalue weighted by atomic mass is 10.2. The fourth-order valence-corrected chi connectivity index (χ4v) is 2.92. The average Bonchev–Trinajstić information content (AvgIpc) is 3.09. The van der Waals surface area contributed by atoms with Crippen molar-refractivity contribution in [2.24, 2.45) is 0 Å². The molecule has 3 aromatic heterocycles. The van der Waals surface area contributed by atoms with Crippen molar-refractivity contribution in [2.75, 3.05) is 19.8 Å². The second-order valence-electron chi connectivity index (χ2n) is 6.68. The molecule has 152 valence electrons. The molecule has 0 aliphatic heterocycles. The molecular weight excluding hydrogens is 405 g/mol. The fraction of sp³-hybridized carbons (Fsp3) is 0.150. The van der Waals surface area contributed by atoms with E-state index in [0.717, 1.165) is 5.39 Å². The van der Waals surface area contributed by atoms with Gasteiger partial charge >= 0.3 is 0 Å². The van der Waals surface area contributed by atoms with Crippen LogP contribution in [0.25, 0.3) is 22.6 Å². The minimum Gasteiger partial charge on any atom is -0.426 e. The van der Waals surface area contributed by atoms with Gasteiger partial charge in [-0.25, -0.2) is 24.0 Å². The van der Waals surface area contributed by atoms with Gasteiger partial charge in [-0.05, 0) is 30.4 Å². The van der Waals surface area contributed by atoms with Gasteiger partial charge in [-0.15, -0.1) is 0 Å². The normalized spacial score (nSPS) is 10.9. The largest absolute Gasteiger partial charge is 0.426 e. The van der Waals surface area contributed by atoms with Crippen LogP contribution in [0.3, 0.4) is 0 Å². The summed E-state index contributed by atoms with van der Waals surface area (Å²) in [6.07, 6.45) is 3.10. The van der Waals surface area contributed by atoms with Gasteiger partial charge in [0.15, 0.2) is 23.0 Å². The second-order valence-corrected chi connectivity index (χ2v) is 7.03. The summed E-state index contributed by atoms with van der Waals surface area (Å²) in [7, 11) is 3.52. The molecule has 0 atom stereocenters. The van der Waals surface area contributed by atoms with E-state index >= 15 is 0 Å². The van der Waals surface area contributed by atoms with Gasteiger partial charge in [-0.1, -0.05) is 18.2 Å². The highest BCUT2D eigenvalue weighted by Crippen LogP contribution is 2.28. The number of hydrogen-bond acceptors (Lipinski definition) is 7.